The molecule has 0 aliphatic heterocycles. The number of nitrogens with one attached hydrogen (secondary N) is 2. The van der Waals surface area contributed by atoms with Crippen molar-refractivity contribution in [1.82, 2.24) is 15.5 Å². The van der Waals surface area contributed by atoms with Crippen LogP contribution < -0.4 is 10.6 Å². The Bertz CT molecular complexity index is 663. The maximum atomic E-state index is 11.7. The maximum absolute atomic E-state index is 11.7. The number of carbonyl (C=O) groups is 1. The molecule has 2 aromatic rings. The van der Waals surface area contributed by atoms with Crippen LogP contribution >= 0.6 is 0 Å². The van der Waals surface area contributed by atoms with E-state index in [1.165, 1.54) is 0 Å². The standard InChI is InChI=1S/C17H24N4O3/c1-18-17(20-11-16(22)19-8-9-23-3)21(2)12-14-10-13-6-4-5-7-15(13)24-14/h4-7,10H,8-9,11-12H2,1-3H3,(H,18,20)(H,19,22). The average molecular weight is 332 g/mol. The first-order chi connectivity index (χ1) is 11.6. The second kappa shape index (κ2) is 8.93. The number of benzene rings is 1. The maximum Gasteiger partial charge on any atom is 0.239 e. The van der Waals surface area contributed by atoms with E-state index in [2.05, 4.69) is 15.6 Å². The van der Waals surface area contributed by atoms with Crippen molar-refractivity contribution in [2.24, 2.45) is 4.99 Å². The summed E-state index contributed by atoms with van der Waals surface area (Å²) >= 11 is 0. The number of amides is 1. The van der Waals surface area contributed by atoms with Gasteiger partial charge in [0, 0.05) is 33.1 Å². The Morgan fingerprint density at radius 2 is 2.12 bits per heavy atom. The molecule has 1 aromatic heterocycles. The van der Waals surface area contributed by atoms with Crippen LogP contribution in [0.15, 0.2) is 39.7 Å². The van der Waals surface area contributed by atoms with Gasteiger partial charge in [-0.25, -0.2) is 0 Å². The molecular formula is C17H24N4O3. The van der Waals surface area contributed by atoms with Crippen molar-refractivity contribution in [3.63, 3.8) is 0 Å². The van der Waals surface area contributed by atoms with Gasteiger partial charge < -0.3 is 24.7 Å². The van der Waals surface area contributed by atoms with Gasteiger partial charge in [0.05, 0.1) is 19.7 Å². The summed E-state index contributed by atoms with van der Waals surface area (Å²) in [6.07, 6.45) is 0. The van der Waals surface area contributed by atoms with Crippen molar-refractivity contribution in [2.75, 3.05) is 40.9 Å². The number of hydrogen-bond donors (Lipinski definition) is 2. The van der Waals surface area contributed by atoms with Crippen LogP contribution in [0.5, 0.6) is 0 Å². The fourth-order valence-electron chi connectivity index (χ4n) is 2.32. The lowest BCUT2D eigenvalue weighted by Crippen LogP contribution is -2.44. The summed E-state index contributed by atoms with van der Waals surface area (Å²) in [6.45, 7) is 1.69. The third-order valence-electron chi connectivity index (χ3n) is 3.48. The van der Waals surface area contributed by atoms with E-state index >= 15 is 0 Å². The number of ether oxygens (including phenoxy) is 1. The number of hydrogen-bond acceptors (Lipinski definition) is 4. The number of para-hydroxylation sites is 1. The number of guanidine groups is 1. The van der Waals surface area contributed by atoms with E-state index in [-0.39, 0.29) is 12.5 Å². The molecule has 0 saturated heterocycles. The van der Waals surface area contributed by atoms with E-state index in [9.17, 15) is 4.79 Å². The molecule has 130 valence electrons. The topological polar surface area (TPSA) is 79.1 Å². The highest BCUT2D eigenvalue weighted by Gasteiger charge is 2.11. The first-order valence-corrected chi connectivity index (χ1v) is 7.79. The van der Waals surface area contributed by atoms with Gasteiger partial charge in [0.25, 0.3) is 0 Å². The lowest BCUT2D eigenvalue weighted by atomic mass is 10.2. The minimum Gasteiger partial charge on any atom is -0.459 e. The number of fused-ring (bicyclic) bond motifs is 1. The highest BCUT2D eigenvalue weighted by molar-refractivity contribution is 5.86. The first-order valence-electron chi connectivity index (χ1n) is 7.79. The number of furan rings is 1. The van der Waals surface area contributed by atoms with Crippen molar-refractivity contribution in [2.45, 2.75) is 6.54 Å². The van der Waals surface area contributed by atoms with Crippen molar-refractivity contribution in [3.8, 4) is 0 Å². The predicted molar refractivity (Wildman–Crippen MR) is 93.9 cm³/mol. The quantitative estimate of drug-likeness (QED) is 0.452. The monoisotopic (exact) mass is 332 g/mol. The number of rotatable bonds is 7. The second-order valence-corrected chi connectivity index (χ2v) is 5.35. The molecular weight excluding hydrogens is 308 g/mol. The van der Waals surface area contributed by atoms with E-state index < -0.39 is 0 Å². The van der Waals surface area contributed by atoms with Gasteiger partial charge in [-0.2, -0.15) is 0 Å². The van der Waals surface area contributed by atoms with Crippen molar-refractivity contribution < 1.29 is 13.9 Å². The van der Waals surface area contributed by atoms with Crippen LogP contribution in [0.4, 0.5) is 0 Å². The molecule has 0 atom stereocenters. The molecule has 0 aliphatic carbocycles. The Hall–Kier alpha value is -2.54. The van der Waals surface area contributed by atoms with Gasteiger partial charge in [-0.1, -0.05) is 18.2 Å². The molecule has 0 fully saturated rings. The van der Waals surface area contributed by atoms with Gasteiger partial charge in [-0.3, -0.25) is 9.79 Å². The van der Waals surface area contributed by atoms with Crippen LogP contribution in [-0.4, -0.2) is 57.7 Å². The zero-order valence-electron chi connectivity index (χ0n) is 14.3. The Labute approximate surface area is 141 Å². The van der Waals surface area contributed by atoms with E-state index in [1.807, 2.05) is 42.3 Å². The van der Waals surface area contributed by atoms with Crippen LogP contribution in [0.2, 0.25) is 0 Å². The zero-order chi connectivity index (χ0) is 17.4. The lowest BCUT2D eigenvalue weighted by Gasteiger charge is -2.20. The molecule has 0 unspecified atom stereocenters. The molecule has 7 heteroatoms. The summed E-state index contributed by atoms with van der Waals surface area (Å²) in [6, 6.07) is 9.89. The van der Waals surface area contributed by atoms with Crippen LogP contribution in [0.3, 0.4) is 0 Å². The largest absolute Gasteiger partial charge is 0.459 e. The second-order valence-electron chi connectivity index (χ2n) is 5.35. The minimum atomic E-state index is -0.106. The number of carbonyl (C=O) groups excluding carboxylic acids is 1. The van der Waals surface area contributed by atoms with E-state index in [4.69, 9.17) is 9.15 Å². The molecule has 2 rings (SSSR count). The first kappa shape index (κ1) is 17.8. The lowest BCUT2D eigenvalue weighted by molar-refractivity contribution is -0.120. The van der Waals surface area contributed by atoms with Crippen LogP contribution in [-0.2, 0) is 16.1 Å². The third kappa shape index (κ3) is 4.99. The Morgan fingerprint density at radius 1 is 1.33 bits per heavy atom. The number of nitrogens with zero attached hydrogens (tertiary/aromatic N) is 2. The van der Waals surface area contributed by atoms with E-state index in [0.717, 1.165) is 16.7 Å². The Morgan fingerprint density at radius 3 is 2.83 bits per heavy atom. The fraction of sp³-hybridized carbons (Fsp3) is 0.412. The van der Waals surface area contributed by atoms with Gasteiger partial charge in [-0.15, -0.1) is 0 Å². The molecule has 1 amide bonds. The van der Waals surface area contributed by atoms with Crippen molar-refractivity contribution in [1.29, 1.82) is 0 Å². The summed E-state index contributed by atoms with van der Waals surface area (Å²) in [4.78, 5) is 17.8. The molecule has 0 saturated carbocycles. The molecule has 1 aromatic carbocycles. The Kier molecular flexibility index (Phi) is 6.62. The van der Waals surface area contributed by atoms with Crippen molar-refractivity contribution >= 4 is 22.8 Å². The van der Waals surface area contributed by atoms with Gasteiger partial charge in [0.15, 0.2) is 5.96 Å². The summed E-state index contributed by atoms with van der Waals surface area (Å²) in [5, 5.41) is 6.85. The summed E-state index contributed by atoms with van der Waals surface area (Å²) in [7, 11) is 5.17. The van der Waals surface area contributed by atoms with Crippen LogP contribution in [0.1, 0.15) is 5.76 Å². The third-order valence-corrected chi connectivity index (χ3v) is 3.48. The molecule has 7 nitrogen and oxygen atoms in total. The van der Waals surface area contributed by atoms with Crippen LogP contribution in [0.25, 0.3) is 11.0 Å². The molecule has 1 heterocycles. The zero-order valence-corrected chi connectivity index (χ0v) is 14.3. The molecule has 0 bridgehead atoms. The smallest absolute Gasteiger partial charge is 0.239 e. The van der Waals surface area contributed by atoms with Crippen LogP contribution in [0, 0.1) is 0 Å². The highest BCUT2D eigenvalue weighted by atomic mass is 16.5. The molecule has 2 N–H and O–H groups in total. The summed E-state index contributed by atoms with van der Waals surface area (Å²) < 4.78 is 10.7. The van der Waals surface area contributed by atoms with Gasteiger partial charge in [-0.05, 0) is 12.1 Å². The summed E-state index contributed by atoms with van der Waals surface area (Å²) in [5.41, 5.74) is 0.862. The van der Waals surface area contributed by atoms with Gasteiger partial charge in [0.1, 0.15) is 11.3 Å². The SMILES string of the molecule is CN=C(NCC(=O)NCCOC)N(C)Cc1cc2ccccc2o1. The summed E-state index contributed by atoms with van der Waals surface area (Å²) in [5.74, 6) is 1.36. The number of aliphatic imine (C=N–C) groups is 1. The number of methoxy groups -OCH3 is 1. The minimum absolute atomic E-state index is 0.106. The normalized spacial score (nSPS) is 11.5. The molecule has 24 heavy (non-hydrogen) atoms. The van der Waals surface area contributed by atoms with E-state index in [0.29, 0.717) is 25.7 Å². The highest BCUT2D eigenvalue weighted by Crippen LogP contribution is 2.19. The Balaban J connectivity index is 1.87. The average Bonchev–Trinajstić information content (AvgIpc) is 2.97. The van der Waals surface area contributed by atoms with Gasteiger partial charge >= 0.3 is 0 Å². The predicted octanol–water partition coefficient (Wildman–Crippen LogP) is 1.20. The molecule has 0 spiro atoms. The fourth-order valence-corrected chi connectivity index (χ4v) is 2.32. The molecule has 0 aliphatic rings. The van der Waals surface area contributed by atoms with E-state index in [1.54, 1.807) is 14.2 Å². The van der Waals surface area contributed by atoms with Crippen molar-refractivity contribution in [3.05, 3.63) is 36.1 Å². The molecule has 0 radical (unpaired) electrons. The van der Waals surface area contributed by atoms with Gasteiger partial charge in [0.2, 0.25) is 5.91 Å².